The molecule has 9 nitrogen and oxygen atoms in total. The van der Waals surface area contributed by atoms with Crippen LogP contribution in [0, 0.1) is 5.92 Å². The van der Waals surface area contributed by atoms with Crippen molar-refractivity contribution in [3.05, 3.63) is 41.4 Å². The zero-order valence-corrected chi connectivity index (χ0v) is 24.0. The molecular formula is C28H37ClN4O5. The number of aromatic nitrogens is 1. The summed E-state index contributed by atoms with van der Waals surface area (Å²) in [6.45, 7) is 12.8. The van der Waals surface area contributed by atoms with Gasteiger partial charge in [-0.05, 0) is 83.7 Å². The molecule has 0 saturated heterocycles. The minimum atomic E-state index is -1.17. The molecule has 206 valence electrons. The summed E-state index contributed by atoms with van der Waals surface area (Å²) in [5.74, 6) is 0.129. The van der Waals surface area contributed by atoms with Crippen molar-refractivity contribution in [2.24, 2.45) is 5.92 Å². The lowest BCUT2D eigenvalue weighted by Crippen LogP contribution is -2.53. The van der Waals surface area contributed by atoms with Crippen LogP contribution in [0.25, 0.3) is 0 Å². The molecule has 10 heteroatoms. The van der Waals surface area contributed by atoms with Gasteiger partial charge in [-0.2, -0.15) is 4.98 Å². The molecule has 1 aliphatic rings. The number of carbonyl (C=O) groups is 3. The Labute approximate surface area is 229 Å². The van der Waals surface area contributed by atoms with E-state index in [1.54, 1.807) is 75.9 Å². The number of halogens is 1. The van der Waals surface area contributed by atoms with Gasteiger partial charge in [-0.25, -0.2) is 4.79 Å². The van der Waals surface area contributed by atoms with Gasteiger partial charge in [0, 0.05) is 12.1 Å². The lowest BCUT2D eigenvalue weighted by molar-refractivity contribution is -0.134. The van der Waals surface area contributed by atoms with Crippen LogP contribution < -0.4 is 15.0 Å². The third-order valence-electron chi connectivity index (χ3n) is 6.22. The summed E-state index contributed by atoms with van der Waals surface area (Å²) in [6.07, 6.45) is 0.639. The van der Waals surface area contributed by atoms with Gasteiger partial charge in [0.15, 0.2) is 5.60 Å². The molecule has 1 unspecified atom stereocenters. The van der Waals surface area contributed by atoms with E-state index in [0.29, 0.717) is 28.7 Å². The third kappa shape index (κ3) is 6.75. The summed E-state index contributed by atoms with van der Waals surface area (Å²) in [5.41, 5.74) is -0.822. The number of rotatable bonds is 7. The second-order valence-electron chi connectivity index (χ2n) is 11.2. The number of fused-ring (bicyclic) bond motifs is 1. The molecule has 0 saturated carbocycles. The van der Waals surface area contributed by atoms with Crippen LogP contribution in [0.4, 0.5) is 22.0 Å². The van der Waals surface area contributed by atoms with Gasteiger partial charge in [0.25, 0.3) is 5.91 Å². The summed E-state index contributed by atoms with van der Waals surface area (Å²) in [4.78, 5) is 46.4. The third-order valence-corrected chi connectivity index (χ3v) is 6.45. The smallest absolute Gasteiger partial charge is 0.410 e. The molecule has 0 aliphatic carbocycles. The van der Waals surface area contributed by atoms with E-state index in [2.05, 4.69) is 24.1 Å². The van der Waals surface area contributed by atoms with Crippen LogP contribution in [-0.4, -0.2) is 52.1 Å². The Bertz CT molecular complexity index is 1210. The van der Waals surface area contributed by atoms with Crippen LogP contribution in [-0.2, 0) is 14.3 Å². The fraction of sp³-hybridized carbons (Fsp3) is 0.500. The number of hydrogen-bond donors (Lipinski definition) is 1. The summed E-state index contributed by atoms with van der Waals surface area (Å²) in [7, 11) is 1.50. The molecule has 2 heterocycles. The molecule has 0 radical (unpaired) electrons. The van der Waals surface area contributed by atoms with Crippen molar-refractivity contribution in [2.75, 3.05) is 17.3 Å². The molecule has 3 amide bonds. The van der Waals surface area contributed by atoms with E-state index < -0.39 is 29.2 Å². The first-order valence-electron chi connectivity index (χ1n) is 12.7. The van der Waals surface area contributed by atoms with E-state index in [4.69, 9.17) is 21.1 Å². The number of hydrogen-bond acceptors (Lipinski definition) is 6. The number of nitrogens with zero attached hydrogens (tertiary/aromatic N) is 3. The fourth-order valence-electron chi connectivity index (χ4n) is 3.84. The second kappa shape index (κ2) is 11.2. The maximum absolute atomic E-state index is 13.7. The van der Waals surface area contributed by atoms with Crippen molar-refractivity contribution in [1.82, 2.24) is 9.88 Å². The van der Waals surface area contributed by atoms with Crippen LogP contribution in [0.5, 0.6) is 5.88 Å². The van der Waals surface area contributed by atoms with E-state index in [1.165, 1.54) is 11.9 Å². The number of pyridine rings is 1. The van der Waals surface area contributed by atoms with Crippen LogP contribution in [0.1, 0.15) is 61.3 Å². The maximum Gasteiger partial charge on any atom is 0.410 e. The standard InChI is InChI=1S/C28H37ClN4O5/c1-17(2)14-15-28(7)25(35)33(20-11-9-10-19(29)16-20)21-12-13-22(31-24(21)37-28)30-23(34)18(3)32(8)26(36)38-27(4,5)6/h9-13,16-18H,14-15H2,1-8H3,(H,30,31,34)/t18-,28?/m0/s1. The summed E-state index contributed by atoms with van der Waals surface area (Å²) in [5, 5.41) is 3.23. The number of carbonyl (C=O) groups excluding carboxylic acids is 3. The number of nitrogens with one attached hydrogen (secondary N) is 1. The van der Waals surface area contributed by atoms with Crippen molar-refractivity contribution >= 4 is 46.7 Å². The van der Waals surface area contributed by atoms with Crippen LogP contribution in [0.15, 0.2) is 36.4 Å². The predicted octanol–water partition coefficient (Wildman–Crippen LogP) is 6.18. The SMILES string of the molecule is CC(C)CCC1(C)Oc2nc(NC(=O)[C@H](C)N(C)C(=O)OC(C)(C)C)ccc2N(c2cccc(Cl)c2)C1=O. The quantitative estimate of drug-likeness (QED) is 0.446. The minimum absolute atomic E-state index is 0.210. The number of amides is 3. The Hall–Kier alpha value is -3.33. The van der Waals surface area contributed by atoms with Crippen LogP contribution >= 0.6 is 11.6 Å². The molecular weight excluding hydrogens is 508 g/mol. The van der Waals surface area contributed by atoms with Crippen molar-refractivity contribution < 1.29 is 23.9 Å². The molecule has 1 aromatic heterocycles. The van der Waals surface area contributed by atoms with Gasteiger partial charge in [-0.3, -0.25) is 19.4 Å². The molecule has 1 aromatic carbocycles. The van der Waals surface area contributed by atoms with Gasteiger partial charge in [0.05, 0.1) is 5.69 Å². The largest absolute Gasteiger partial charge is 0.460 e. The zero-order valence-electron chi connectivity index (χ0n) is 23.3. The molecule has 3 rings (SSSR count). The highest BCUT2D eigenvalue weighted by atomic mass is 35.5. The Morgan fingerprint density at radius 1 is 1.21 bits per heavy atom. The predicted molar refractivity (Wildman–Crippen MR) is 148 cm³/mol. The number of likely N-dealkylation sites (N-methyl/N-ethyl adjacent to an activating group) is 1. The van der Waals surface area contributed by atoms with Gasteiger partial charge >= 0.3 is 6.09 Å². The Morgan fingerprint density at radius 3 is 2.50 bits per heavy atom. The molecule has 0 spiro atoms. The van der Waals surface area contributed by atoms with E-state index in [0.717, 1.165) is 6.42 Å². The van der Waals surface area contributed by atoms with Crippen molar-refractivity contribution in [2.45, 2.75) is 78.6 Å². The molecule has 0 fully saturated rings. The Morgan fingerprint density at radius 2 is 1.89 bits per heavy atom. The molecule has 1 aliphatic heterocycles. The van der Waals surface area contributed by atoms with Gasteiger partial charge in [-0.1, -0.05) is 31.5 Å². The highest BCUT2D eigenvalue weighted by molar-refractivity contribution is 6.31. The maximum atomic E-state index is 13.7. The first-order valence-corrected chi connectivity index (χ1v) is 13.1. The molecule has 2 aromatic rings. The molecule has 0 bridgehead atoms. The summed E-state index contributed by atoms with van der Waals surface area (Å²) < 4.78 is 11.6. The van der Waals surface area contributed by atoms with Crippen molar-refractivity contribution in [3.8, 4) is 5.88 Å². The normalized spacial score (nSPS) is 17.9. The lowest BCUT2D eigenvalue weighted by Gasteiger charge is -2.40. The number of anilines is 3. The minimum Gasteiger partial charge on any atom is -0.460 e. The van der Waals surface area contributed by atoms with Gasteiger partial charge < -0.3 is 14.8 Å². The highest BCUT2D eigenvalue weighted by Crippen LogP contribution is 2.43. The molecule has 2 atom stereocenters. The van der Waals surface area contributed by atoms with Crippen molar-refractivity contribution in [1.29, 1.82) is 0 Å². The molecule has 38 heavy (non-hydrogen) atoms. The van der Waals surface area contributed by atoms with Crippen LogP contribution in [0.2, 0.25) is 5.02 Å². The first kappa shape index (κ1) is 29.2. The average Bonchev–Trinajstić information content (AvgIpc) is 2.81. The average molecular weight is 545 g/mol. The van der Waals surface area contributed by atoms with E-state index >= 15 is 0 Å². The van der Waals surface area contributed by atoms with E-state index in [-0.39, 0.29) is 17.6 Å². The van der Waals surface area contributed by atoms with Gasteiger partial charge in [0.1, 0.15) is 23.1 Å². The Kier molecular flexibility index (Phi) is 8.61. The van der Waals surface area contributed by atoms with Crippen molar-refractivity contribution in [3.63, 3.8) is 0 Å². The summed E-state index contributed by atoms with van der Waals surface area (Å²) >= 11 is 6.24. The fourth-order valence-corrected chi connectivity index (χ4v) is 4.03. The van der Waals surface area contributed by atoms with Crippen LogP contribution in [0.3, 0.4) is 0 Å². The zero-order chi connectivity index (χ0) is 28.4. The Balaban J connectivity index is 1.91. The monoisotopic (exact) mass is 544 g/mol. The van der Waals surface area contributed by atoms with Gasteiger partial charge in [0.2, 0.25) is 11.8 Å². The second-order valence-corrected chi connectivity index (χ2v) is 11.6. The van der Waals surface area contributed by atoms with Gasteiger partial charge in [-0.15, -0.1) is 0 Å². The lowest BCUT2D eigenvalue weighted by atomic mass is 9.92. The number of benzene rings is 1. The summed E-state index contributed by atoms with van der Waals surface area (Å²) in [6, 6.07) is 9.44. The highest BCUT2D eigenvalue weighted by Gasteiger charge is 2.46. The number of ether oxygens (including phenoxy) is 2. The molecule has 1 N–H and O–H groups in total. The topological polar surface area (TPSA) is 101 Å². The van der Waals surface area contributed by atoms with E-state index in [9.17, 15) is 14.4 Å². The first-order chi connectivity index (χ1) is 17.6. The van der Waals surface area contributed by atoms with E-state index in [1.807, 2.05) is 0 Å².